The molecule has 2 aliphatic rings. The van der Waals surface area contributed by atoms with Crippen LogP contribution in [-0.4, -0.2) is 34.7 Å². The zero-order valence-electron chi connectivity index (χ0n) is 10.7. The maximum atomic E-state index is 9.62. The quantitative estimate of drug-likeness (QED) is 0.868. The summed E-state index contributed by atoms with van der Waals surface area (Å²) in [6, 6.07) is 10.6. The van der Waals surface area contributed by atoms with Crippen molar-refractivity contribution in [3.05, 3.63) is 35.9 Å². The molecule has 2 saturated heterocycles. The van der Waals surface area contributed by atoms with E-state index in [0.29, 0.717) is 6.42 Å². The fourth-order valence-corrected chi connectivity index (χ4v) is 2.93. The van der Waals surface area contributed by atoms with E-state index in [1.807, 2.05) is 30.2 Å². The summed E-state index contributed by atoms with van der Waals surface area (Å²) in [5, 5.41) is 11.6. The highest BCUT2D eigenvalue weighted by Gasteiger charge is 2.50. The molecule has 4 heteroatoms. The molecule has 2 heterocycles. The van der Waals surface area contributed by atoms with Gasteiger partial charge in [0.1, 0.15) is 12.2 Å². The number of ether oxygens (including phenoxy) is 1. The van der Waals surface area contributed by atoms with E-state index in [1.165, 1.54) is 5.56 Å². The van der Waals surface area contributed by atoms with Crippen LogP contribution in [0, 0.1) is 0 Å². The highest BCUT2D eigenvalue weighted by Crippen LogP contribution is 2.39. The van der Waals surface area contributed by atoms with Gasteiger partial charge in [-0.25, -0.2) is 0 Å². The Bertz CT molecular complexity index is 411. The largest absolute Gasteiger partial charge is 0.368 e. The summed E-state index contributed by atoms with van der Waals surface area (Å²) < 4.78 is 5.50. The van der Waals surface area contributed by atoms with Gasteiger partial charge in [-0.2, -0.15) is 5.06 Å². The van der Waals surface area contributed by atoms with E-state index in [-0.39, 0.29) is 24.3 Å². The van der Waals surface area contributed by atoms with Gasteiger partial charge < -0.3 is 9.84 Å². The molecule has 0 bridgehead atoms. The van der Waals surface area contributed by atoms with Gasteiger partial charge in [-0.05, 0) is 19.4 Å². The predicted octanol–water partition coefficient (Wildman–Crippen LogP) is 1.86. The molecule has 1 N–H and O–H groups in total. The van der Waals surface area contributed by atoms with Gasteiger partial charge >= 0.3 is 0 Å². The summed E-state index contributed by atoms with van der Waals surface area (Å²) in [7, 11) is 0. The summed E-state index contributed by atoms with van der Waals surface area (Å²) in [4.78, 5) is 5.89. The number of aliphatic hydroxyl groups is 1. The minimum absolute atomic E-state index is 0.00156. The van der Waals surface area contributed by atoms with Crippen LogP contribution in [-0.2, 0) is 9.57 Å². The Morgan fingerprint density at radius 3 is 2.78 bits per heavy atom. The number of fused-ring (bicyclic) bond motifs is 1. The van der Waals surface area contributed by atoms with E-state index in [4.69, 9.17) is 9.57 Å². The fraction of sp³-hybridized carbons (Fsp3) is 0.571. The lowest BCUT2D eigenvalue weighted by molar-refractivity contribution is -0.202. The van der Waals surface area contributed by atoms with E-state index in [2.05, 4.69) is 19.1 Å². The van der Waals surface area contributed by atoms with E-state index in [1.54, 1.807) is 0 Å². The summed E-state index contributed by atoms with van der Waals surface area (Å²) in [6.45, 7) is 4.11. The average molecular weight is 249 g/mol. The molecule has 3 rings (SSSR count). The first kappa shape index (κ1) is 12.1. The Morgan fingerprint density at radius 1 is 1.33 bits per heavy atom. The van der Waals surface area contributed by atoms with Gasteiger partial charge in [-0.1, -0.05) is 30.3 Å². The highest BCUT2D eigenvalue weighted by molar-refractivity contribution is 5.18. The normalized spacial score (nSPS) is 37.7. The van der Waals surface area contributed by atoms with Crippen LogP contribution < -0.4 is 0 Å². The lowest BCUT2D eigenvalue weighted by Gasteiger charge is -2.27. The molecular weight excluding hydrogens is 230 g/mol. The molecule has 0 aromatic heterocycles. The Labute approximate surface area is 107 Å². The van der Waals surface area contributed by atoms with Crippen LogP contribution >= 0.6 is 0 Å². The molecule has 1 aromatic rings. The van der Waals surface area contributed by atoms with Crippen LogP contribution in [0.3, 0.4) is 0 Å². The lowest BCUT2D eigenvalue weighted by atomic mass is 10.0. The van der Waals surface area contributed by atoms with Crippen LogP contribution in [0.25, 0.3) is 0 Å². The monoisotopic (exact) mass is 249 g/mol. The van der Waals surface area contributed by atoms with Crippen molar-refractivity contribution in [3.63, 3.8) is 0 Å². The van der Waals surface area contributed by atoms with Crippen LogP contribution in [0.2, 0.25) is 0 Å². The smallest absolute Gasteiger partial charge is 0.156 e. The van der Waals surface area contributed by atoms with Gasteiger partial charge in [0.15, 0.2) is 6.29 Å². The molecule has 1 aromatic carbocycles. The van der Waals surface area contributed by atoms with E-state index in [0.717, 1.165) is 0 Å². The molecular formula is C14H19NO3. The average Bonchev–Trinajstić information content (AvgIpc) is 2.89. The second-order valence-corrected chi connectivity index (χ2v) is 5.12. The predicted molar refractivity (Wildman–Crippen MR) is 66.5 cm³/mol. The molecule has 0 aliphatic carbocycles. The molecule has 0 radical (unpaired) electrons. The maximum absolute atomic E-state index is 9.62. The van der Waals surface area contributed by atoms with Gasteiger partial charge in [0.2, 0.25) is 0 Å². The number of aliphatic hydroxyl groups excluding tert-OH is 1. The third-order valence-electron chi connectivity index (χ3n) is 3.88. The molecule has 0 amide bonds. The zero-order chi connectivity index (χ0) is 12.7. The molecule has 0 spiro atoms. The third-order valence-corrected chi connectivity index (χ3v) is 3.88. The number of hydrogen-bond acceptors (Lipinski definition) is 4. The SMILES string of the molecule is C[C@@H]1ON([C@H](C)c2ccccc2)[C@H]2CC(O)O[C@@H]12. The van der Waals surface area contributed by atoms with Gasteiger partial charge in [-0.15, -0.1) is 0 Å². The Hall–Kier alpha value is -0.940. The third kappa shape index (κ3) is 1.95. The van der Waals surface area contributed by atoms with Crippen molar-refractivity contribution >= 4 is 0 Å². The number of rotatable bonds is 2. The summed E-state index contributed by atoms with van der Waals surface area (Å²) in [5.41, 5.74) is 1.21. The molecule has 5 atom stereocenters. The number of hydroxylamine groups is 2. The fourth-order valence-electron chi connectivity index (χ4n) is 2.93. The minimum atomic E-state index is -0.656. The molecule has 4 nitrogen and oxygen atoms in total. The zero-order valence-corrected chi connectivity index (χ0v) is 10.7. The number of benzene rings is 1. The first-order chi connectivity index (χ1) is 8.66. The van der Waals surface area contributed by atoms with Crippen LogP contribution in [0.5, 0.6) is 0 Å². The second kappa shape index (κ2) is 4.63. The number of nitrogens with zero attached hydrogens (tertiary/aromatic N) is 1. The van der Waals surface area contributed by atoms with Crippen molar-refractivity contribution in [2.45, 2.75) is 50.8 Å². The Balaban J connectivity index is 1.81. The minimum Gasteiger partial charge on any atom is -0.368 e. The molecule has 18 heavy (non-hydrogen) atoms. The standard InChI is InChI=1S/C14H19NO3/c1-9(11-6-4-3-5-7-11)15-12-8-13(16)17-14(12)10(2)18-15/h3-7,9-10,12-14,16H,8H2,1-2H3/t9-,10+,12+,13?,14+/m1/s1. The van der Waals surface area contributed by atoms with Crippen molar-refractivity contribution in [2.24, 2.45) is 0 Å². The van der Waals surface area contributed by atoms with Crippen LogP contribution in [0.4, 0.5) is 0 Å². The molecule has 98 valence electrons. The van der Waals surface area contributed by atoms with Crippen molar-refractivity contribution in [2.75, 3.05) is 0 Å². The highest BCUT2D eigenvalue weighted by atomic mass is 16.7. The maximum Gasteiger partial charge on any atom is 0.156 e. The summed E-state index contributed by atoms with van der Waals surface area (Å²) in [5.74, 6) is 0. The van der Waals surface area contributed by atoms with Crippen LogP contribution in [0.1, 0.15) is 31.9 Å². The molecule has 2 fully saturated rings. The topological polar surface area (TPSA) is 41.9 Å². The lowest BCUT2D eigenvalue weighted by Crippen LogP contribution is -2.33. The Kier molecular flexibility index (Phi) is 3.11. The second-order valence-electron chi connectivity index (χ2n) is 5.12. The van der Waals surface area contributed by atoms with E-state index < -0.39 is 6.29 Å². The Morgan fingerprint density at radius 2 is 2.06 bits per heavy atom. The first-order valence-electron chi connectivity index (χ1n) is 6.50. The van der Waals surface area contributed by atoms with Gasteiger partial charge in [0, 0.05) is 6.42 Å². The van der Waals surface area contributed by atoms with Gasteiger partial charge in [-0.3, -0.25) is 4.84 Å². The van der Waals surface area contributed by atoms with E-state index >= 15 is 0 Å². The molecule has 1 unspecified atom stereocenters. The number of hydrogen-bond donors (Lipinski definition) is 1. The van der Waals surface area contributed by atoms with Crippen molar-refractivity contribution in [3.8, 4) is 0 Å². The van der Waals surface area contributed by atoms with E-state index in [9.17, 15) is 5.11 Å². The van der Waals surface area contributed by atoms with Gasteiger partial charge in [0.05, 0.1) is 12.1 Å². The molecule has 2 aliphatic heterocycles. The summed E-state index contributed by atoms with van der Waals surface area (Å²) in [6.07, 6.45) is -0.0621. The van der Waals surface area contributed by atoms with Gasteiger partial charge in [0.25, 0.3) is 0 Å². The van der Waals surface area contributed by atoms with Crippen molar-refractivity contribution in [1.82, 2.24) is 5.06 Å². The molecule has 0 saturated carbocycles. The first-order valence-corrected chi connectivity index (χ1v) is 6.50. The van der Waals surface area contributed by atoms with Crippen LogP contribution in [0.15, 0.2) is 30.3 Å². The van der Waals surface area contributed by atoms with Crippen molar-refractivity contribution in [1.29, 1.82) is 0 Å². The summed E-state index contributed by atoms with van der Waals surface area (Å²) >= 11 is 0. The van der Waals surface area contributed by atoms with Crippen molar-refractivity contribution < 1.29 is 14.7 Å².